The molecule has 0 aliphatic heterocycles. The molecule has 11 atom stereocenters. The van der Waals surface area contributed by atoms with E-state index >= 15 is 14.4 Å². The molecule has 0 aliphatic rings. The van der Waals surface area contributed by atoms with Crippen LogP contribution in [-0.4, -0.2) is 159 Å². The van der Waals surface area contributed by atoms with Crippen LogP contribution in [0, 0.1) is 11.8 Å². The van der Waals surface area contributed by atoms with Crippen LogP contribution in [0.3, 0.4) is 0 Å². The van der Waals surface area contributed by atoms with Gasteiger partial charge in [0.1, 0.15) is 48.3 Å². The lowest BCUT2D eigenvalue weighted by Crippen LogP contribution is -2.62. The average Bonchev–Trinajstić information content (AvgIpc) is 1.69. The first-order valence-electron chi connectivity index (χ1n) is 34.4. The zero-order valence-corrected chi connectivity index (χ0v) is 57.7. The molecule has 0 aliphatic carbocycles. The smallest absolute Gasteiger partial charge is 0.326 e. The number of nitrogens with zero attached hydrogens (tertiary/aromatic N) is 2. The number of fused-ring (bicyclic) bond motifs is 3. The van der Waals surface area contributed by atoms with Gasteiger partial charge in [-0.05, 0) is 104 Å². The van der Waals surface area contributed by atoms with Crippen LogP contribution in [0.5, 0.6) is 0 Å². The number of benzene rings is 4. The Bertz CT molecular complexity index is 3990. The van der Waals surface area contributed by atoms with Crippen molar-refractivity contribution in [3.63, 3.8) is 0 Å². The number of aromatic amines is 3. The number of H-pyrrole nitrogens is 3. The van der Waals surface area contributed by atoms with E-state index in [2.05, 4.69) is 67.5 Å². The molecule has 3 heterocycles. The molecule has 24 N–H and O–H groups in total. The Labute approximate surface area is 586 Å². The maximum absolute atomic E-state index is 15.1. The summed E-state index contributed by atoms with van der Waals surface area (Å²) in [5, 5.41) is 35.4. The number of carbonyl (C=O) groups excluding carboxylic acids is 8. The molecule has 29 nitrogen and oxygen atoms in total. The lowest BCUT2D eigenvalue weighted by atomic mass is 9.95. The number of carbonyl (C=O) groups is 9. The van der Waals surface area contributed by atoms with E-state index in [0.29, 0.717) is 54.4 Å². The number of nitrogens with one attached hydrogen (secondary N) is 11. The van der Waals surface area contributed by atoms with Gasteiger partial charge in [-0.1, -0.05) is 125 Å². The molecule has 29 heteroatoms. The lowest BCUT2D eigenvalue weighted by Gasteiger charge is -2.31. The molecule has 7 aromatic rings. The molecule has 0 spiro atoms. The van der Waals surface area contributed by atoms with Crippen LogP contribution >= 0.6 is 0 Å². The van der Waals surface area contributed by atoms with Gasteiger partial charge in [0, 0.05) is 90.1 Å². The Morgan fingerprint density at radius 2 is 0.762 bits per heavy atom. The van der Waals surface area contributed by atoms with Crippen molar-refractivity contribution in [1.82, 2.24) is 57.5 Å². The molecule has 542 valence electrons. The lowest BCUT2D eigenvalue weighted by molar-refractivity contribution is -0.142. The van der Waals surface area contributed by atoms with Crippen molar-refractivity contribution in [3.8, 4) is 0 Å². The van der Waals surface area contributed by atoms with Crippen LogP contribution < -0.4 is 76.9 Å². The second-order valence-electron chi connectivity index (χ2n) is 25.6. The van der Waals surface area contributed by atoms with Crippen LogP contribution in [-0.2, 0) is 68.8 Å². The third-order valence-corrected chi connectivity index (χ3v) is 18.1. The first-order chi connectivity index (χ1) is 48.5. The van der Waals surface area contributed by atoms with E-state index in [1.165, 1.54) is 0 Å². The van der Waals surface area contributed by atoms with Gasteiger partial charge in [-0.15, -0.1) is 0 Å². The van der Waals surface area contributed by atoms with E-state index in [-0.39, 0.29) is 82.9 Å². The highest BCUT2D eigenvalue weighted by molar-refractivity contribution is 5.99. The molecule has 3 aromatic heterocycles. The maximum Gasteiger partial charge on any atom is 0.326 e. The van der Waals surface area contributed by atoms with Crippen molar-refractivity contribution in [2.24, 2.45) is 56.2 Å². The molecular weight excluding hydrogens is 1290 g/mol. The van der Waals surface area contributed by atoms with Gasteiger partial charge in [0.15, 0.2) is 11.9 Å². The number of carboxylic acids is 1. The Hall–Kier alpha value is -10.8. The van der Waals surface area contributed by atoms with Gasteiger partial charge in [-0.2, -0.15) is 0 Å². The van der Waals surface area contributed by atoms with Gasteiger partial charge in [0.2, 0.25) is 47.3 Å². The van der Waals surface area contributed by atoms with Gasteiger partial charge < -0.3 is 97.0 Å². The molecule has 4 aromatic carbocycles. The molecule has 0 saturated carbocycles. The highest BCUT2D eigenvalue weighted by Crippen LogP contribution is 2.24. The Kier molecular flexibility index (Phi) is 29.6. The molecule has 0 saturated heterocycles. The molecule has 101 heavy (non-hydrogen) atoms. The Balaban J connectivity index is 1.12. The van der Waals surface area contributed by atoms with Crippen molar-refractivity contribution in [2.45, 2.75) is 166 Å². The van der Waals surface area contributed by atoms with Gasteiger partial charge in [0.05, 0.1) is 6.04 Å². The van der Waals surface area contributed by atoms with Crippen molar-refractivity contribution in [3.05, 3.63) is 144 Å². The van der Waals surface area contributed by atoms with Crippen LogP contribution in [0.4, 0.5) is 0 Å². The number of aliphatic imine (C=N–C) groups is 2. The van der Waals surface area contributed by atoms with Gasteiger partial charge in [-0.25, -0.2) is 4.79 Å². The van der Waals surface area contributed by atoms with E-state index in [9.17, 15) is 33.9 Å². The highest BCUT2D eigenvalue weighted by atomic mass is 16.4. The summed E-state index contributed by atoms with van der Waals surface area (Å²) in [6.45, 7) is 7.64. The molecule has 8 amide bonds. The number of para-hydroxylation sites is 3. The summed E-state index contributed by atoms with van der Waals surface area (Å²) in [6.07, 6.45) is 7.08. The third kappa shape index (κ3) is 22.9. The van der Waals surface area contributed by atoms with Gasteiger partial charge >= 0.3 is 5.97 Å². The van der Waals surface area contributed by atoms with Crippen molar-refractivity contribution < 1.29 is 48.3 Å². The third-order valence-electron chi connectivity index (χ3n) is 18.1. The number of carboxylic acid groups (broad SMARTS) is 1. The summed E-state index contributed by atoms with van der Waals surface area (Å²) in [6, 6.07) is 19.1. The normalized spacial score (nSPS) is 14.6. The topological polar surface area (TPSA) is 498 Å². The molecule has 0 unspecified atom stereocenters. The first kappa shape index (κ1) is 77.5. The molecule has 7 rings (SSSR count). The number of aromatic nitrogens is 3. The summed E-state index contributed by atoms with van der Waals surface area (Å²) in [7, 11) is 0. The zero-order chi connectivity index (χ0) is 73.1. The van der Waals surface area contributed by atoms with Gasteiger partial charge in [-0.3, -0.25) is 48.3 Å². The van der Waals surface area contributed by atoms with Crippen LogP contribution in [0.1, 0.15) is 108 Å². The predicted octanol–water partition coefficient (Wildman–Crippen LogP) is 2.02. The fourth-order valence-corrected chi connectivity index (χ4v) is 12.0. The summed E-state index contributed by atoms with van der Waals surface area (Å²) in [5.74, 6) is -8.83. The number of unbranched alkanes of at least 4 members (excludes halogenated alkanes) is 1. The standard InChI is InChI=1S/C72H99N19O10/c1-5-41(3)60(68(98)85-55(30-19-33-80-72(77)78)63(93)87-58(36-45-39-82-52-27-14-11-23-48(45)52)66(96)89-59(70(100)101)37-46-40-83-53-28-15-12-24-49(46)53)91-67(97)56(34-43-20-8-7-9-21-43)88-69(99)61(42(4)6-2)90-64(94)54(29-16-17-31-73)84-65(95)57(35-44-38-81-51-26-13-10-22-47(44)51)86-62(92)50(74)25-18-32-79-71(75)76/h7-15,20-24,26-28,38-42,50,54-61,81-83H,5-6,16-19,25,29-37,73-74H2,1-4H3,(H,84,95)(H,85,98)(H,86,92)(H,87,93)(H,88,99)(H,89,96)(H,90,94)(H,91,97)(H,100,101)(H4,75,76,79)(H4,77,78,80)/t41-,42-,50-,54-,55-,56-,57-,58-,59-,60-,61-/m0/s1. The number of guanidine groups is 2. The molecule has 0 fully saturated rings. The summed E-state index contributed by atoms with van der Waals surface area (Å²) in [4.78, 5) is 148. The van der Waals surface area contributed by atoms with Crippen molar-refractivity contribution in [1.29, 1.82) is 0 Å². The Morgan fingerprint density at radius 1 is 0.416 bits per heavy atom. The van der Waals surface area contributed by atoms with E-state index in [1.54, 1.807) is 69.7 Å². The van der Waals surface area contributed by atoms with Crippen LogP contribution in [0.25, 0.3) is 32.7 Å². The van der Waals surface area contributed by atoms with Gasteiger partial charge in [0.25, 0.3) is 0 Å². The van der Waals surface area contributed by atoms with E-state index in [0.717, 1.165) is 32.7 Å². The van der Waals surface area contributed by atoms with Crippen molar-refractivity contribution in [2.75, 3.05) is 19.6 Å². The average molecular weight is 1390 g/mol. The number of hydrogen-bond acceptors (Lipinski definition) is 13. The number of hydrogen-bond donors (Lipinski definition) is 18. The number of amides is 8. The summed E-state index contributed by atoms with van der Waals surface area (Å²) < 4.78 is 0. The van der Waals surface area contributed by atoms with Crippen molar-refractivity contribution >= 4 is 97.9 Å². The molecule has 0 radical (unpaired) electrons. The highest BCUT2D eigenvalue weighted by Gasteiger charge is 2.38. The maximum atomic E-state index is 15.1. The first-order valence-corrected chi connectivity index (χ1v) is 34.4. The minimum Gasteiger partial charge on any atom is -0.480 e. The fourth-order valence-electron chi connectivity index (χ4n) is 12.0. The largest absolute Gasteiger partial charge is 0.480 e. The van der Waals surface area contributed by atoms with Crippen LogP contribution in [0.15, 0.2) is 132 Å². The minimum absolute atomic E-state index is 0.00156. The second-order valence-corrected chi connectivity index (χ2v) is 25.6. The van der Waals surface area contributed by atoms with Crippen LogP contribution in [0.2, 0.25) is 0 Å². The second kappa shape index (κ2) is 38.5. The molecule has 0 bridgehead atoms. The summed E-state index contributed by atoms with van der Waals surface area (Å²) >= 11 is 0. The zero-order valence-electron chi connectivity index (χ0n) is 57.7. The molecular formula is C72H99N19O10. The predicted molar refractivity (Wildman–Crippen MR) is 389 cm³/mol. The van der Waals surface area contributed by atoms with E-state index in [1.807, 2.05) is 79.7 Å². The van der Waals surface area contributed by atoms with E-state index in [4.69, 9.17) is 34.4 Å². The number of nitrogens with two attached hydrogens (primary N) is 6. The fraction of sp³-hybridized carbons (Fsp3) is 0.431. The SMILES string of the molecule is CC[C@H](C)[C@H](NC(=O)[C@H](Cc1ccccc1)NC(=O)[C@@H](NC(=O)[C@H](CCCCN)NC(=O)[C@H](Cc1c[nH]c2ccccc12)NC(=O)[C@@H](N)CCCN=C(N)N)[C@@H](C)CC)C(=O)N[C@@H](CCCN=C(N)N)C(=O)N[C@@H](Cc1c[nH]c2ccccc12)C(=O)N[C@@H](Cc1c[nH]c2ccccc12)C(=O)O. The number of rotatable bonds is 41. The number of aliphatic carboxylic acids is 1. The Morgan fingerprint density at radius 3 is 1.21 bits per heavy atom. The van der Waals surface area contributed by atoms with E-state index < -0.39 is 119 Å². The summed E-state index contributed by atoms with van der Waals surface area (Å²) in [5.41, 5.74) is 39.4. The monoisotopic (exact) mass is 1390 g/mol. The minimum atomic E-state index is -1.44. The quantitative estimate of drug-likeness (QED) is 0.0148.